The predicted octanol–water partition coefficient (Wildman–Crippen LogP) is 3.78. The second-order valence-corrected chi connectivity index (χ2v) is 12.1. The number of para-hydroxylation sites is 1. The maximum absolute atomic E-state index is 13.1. The van der Waals surface area contributed by atoms with Crippen molar-refractivity contribution in [2.45, 2.75) is 56.8 Å². The molecule has 9 nitrogen and oxygen atoms in total. The lowest BCUT2D eigenvalue weighted by Gasteiger charge is -2.33. The minimum atomic E-state index is -3.58. The Labute approximate surface area is 231 Å². The van der Waals surface area contributed by atoms with Gasteiger partial charge in [0.25, 0.3) is 0 Å². The highest BCUT2D eigenvalue weighted by Crippen LogP contribution is 2.28. The van der Waals surface area contributed by atoms with Crippen LogP contribution in [0.5, 0.6) is 0 Å². The summed E-state index contributed by atoms with van der Waals surface area (Å²) in [6.07, 6.45) is 5.24. The van der Waals surface area contributed by atoms with Crippen LogP contribution in [0.25, 0.3) is 0 Å². The summed E-state index contributed by atoms with van der Waals surface area (Å²) in [5, 5.41) is 2.88. The van der Waals surface area contributed by atoms with Crippen LogP contribution < -0.4 is 14.9 Å². The van der Waals surface area contributed by atoms with Crippen LogP contribution in [0.3, 0.4) is 0 Å². The zero-order chi connectivity index (χ0) is 27.8. The van der Waals surface area contributed by atoms with Crippen LogP contribution in [0, 0.1) is 11.8 Å². The summed E-state index contributed by atoms with van der Waals surface area (Å²) < 4.78 is 27.6. The van der Waals surface area contributed by atoms with E-state index in [1.165, 1.54) is 12.1 Å². The molecule has 0 aromatic heterocycles. The van der Waals surface area contributed by atoms with E-state index in [9.17, 15) is 22.8 Å². The highest BCUT2D eigenvalue weighted by atomic mass is 32.2. The first-order valence-corrected chi connectivity index (χ1v) is 15.3. The lowest BCUT2D eigenvalue weighted by atomic mass is 9.94. The molecular formula is C29H38N4O5S. The normalized spacial score (nSPS) is 18.4. The molecule has 2 N–H and O–H groups in total. The van der Waals surface area contributed by atoms with Crippen LogP contribution in [-0.4, -0.2) is 57.2 Å². The van der Waals surface area contributed by atoms with E-state index in [4.69, 9.17) is 0 Å². The van der Waals surface area contributed by atoms with Gasteiger partial charge in [-0.3, -0.25) is 14.4 Å². The first-order chi connectivity index (χ1) is 18.8. The van der Waals surface area contributed by atoms with Crippen molar-refractivity contribution in [3.05, 3.63) is 54.6 Å². The Hall–Kier alpha value is -3.24. The quantitative estimate of drug-likeness (QED) is 0.410. The molecule has 2 aromatic rings. The molecule has 1 atom stereocenters. The molecule has 2 aliphatic heterocycles. The molecule has 1 unspecified atom stereocenters. The monoisotopic (exact) mass is 554 g/mol. The van der Waals surface area contributed by atoms with E-state index >= 15 is 0 Å². The van der Waals surface area contributed by atoms with Crippen molar-refractivity contribution in [3.63, 3.8) is 0 Å². The fourth-order valence-corrected chi connectivity index (χ4v) is 6.23. The molecular weight excluding hydrogens is 516 g/mol. The molecule has 39 heavy (non-hydrogen) atoms. The zero-order valence-electron chi connectivity index (χ0n) is 22.5. The Kier molecular flexibility index (Phi) is 9.74. The third-order valence-electron chi connectivity index (χ3n) is 7.47. The van der Waals surface area contributed by atoms with Crippen LogP contribution >= 0.6 is 0 Å². The van der Waals surface area contributed by atoms with E-state index in [-0.39, 0.29) is 40.9 Å². The van der Waals surface area contributed by atoms with Crippen LogP contribution in [0.15, 0.2) is 59.5 Å². The topological polar surface area (TPSA) is 116 Å². The van der Waals surface area contributed by atoms with E-state index in [2.05, 4.69) is 17.0 Å². The summed E-state index contributed by atoms with van der Waals surface area (Å²) in [4.78, 5) is 42.1. The number of piperidine rings is 1. The average Bonchev–Trinajstić information content (AvgIpc) is 3.35. The fourth-order valence-electron chi connectivity index (χ4n) is 5.15. The molecule has 210 valence electrons. The van der Waals surface area contributed by atoms with Crippen molar-refractivity contribution in [1.29, 1.82) is 0 Å². The number of amides is 3. The van der Waals surface area contributed by atoms with Crippen molar-refractivity contribution >= 4 is 39.1 Å². The summed E-state index contributed by atoms with van der Waals surface area (Å²) in [5.74, 6) is -0.832. The second kappa shape index (κ2) is 13.2. The van der Waals surface area contributed by atoms with E-state index in [1.807, 2.05) is 30.3 Å². The predicted molar refractivity (Wildman–Crippen MR) is 151 cm³/mol. The van der Waals surface area contributed by atoms with Crippen molar-refractivity contribution in [1.82, 2.24) is 9.62 Å². The number of rotatable bonds is 11. The van der Waals surface area contributed by atoms with E-state index in [0.29, 0.717) is 44.7 Å². The van der Waals surface area contributed by atoms with Crippen molar-refractivity contribution < 1.29 is 22.8 Å². The fraction of sp³-hybridized carbons (Fsp3) is 0.483. The second-order valence-electron chi connectivity index (χ2n) is 10.3. The minimum Gasteiger partial charge on any atom is -0.342 e. The summed E-state index contributed by atoms with van der Waals surface area (Å²) in [5.41, 5.74) is 1.34. The lowest BCUT2D eigenvalue weighted by molar-refractivity contribution is -0.138. The van der Waals surface area contributed by atoms with Gasteiger partial charge in [-0.15, -0.1) is 0 Å². The number of nitrogens with one attached hydrogen (secondary N) is 2. The van der Waals surface area contributed by atoms with Gasteiger partial charge in [-0.2, -0.15) is 0 Å². The number of sulfonamides is 1. The van der Waals surface area contributed by atoms with Gasteiger partial charge in [0.05, 0.1) is 10.8 Å². The van der Waals surface area contributed by atoms with Crippen molar-refractivity contribution in [2.75, 3.05) is 36.4 Å². The highest BCUT2D eigenvalue weighted by molar-refractivity contribution is 7.89. The smallest absolute Gasteiger partial charge is 0.240 e. The highest BCUT2D eigenvalue weighted by Gasteiger charge is 2.38. The van der Waals surface area contributed by atoms with Gasteiger partial charge in [-0.25, -0.2) is 13.1 Å². The number of nitrogens with zero attached hydrogens (tertiary/aromatic N) is 2. The lowest BCUT2D eigenvalue weighted by Crippen LogP contribution is -2.44. The van der Waals surface area contributed by atoms with Crippen molar-refractivity contribution in [3.8, 4) is 0 Å². The maximum atomic E-state index is 13.1. The number of carbonyl (C=O) groups is 3. The Bertz CT molecular complexity index is 1240. The van der Waals surface area contributed by atoms with E-state index in [0.717, 1.165) is 31.4 Å². The van der Waals surface area contributed by atoms with Crippen LogP contribution in [0.1, 0.15) is 51.9 Å². The molecule has 0 bridgehead atoms. The summed E-state index contributed by atoms with van der Waals surface area (Å²) in [6, 6.07) is 15.5. The molecule has 2 fully saturated rings. The Morgan fingerprint density at radius 1 is 0.923 bits per heavy atom. The molecule has 2 saturated heterocycles. The number of likely N-dealkylation sites (tertiary alicyclic amines) is 1. The molecule has 2 aromatic carbocycles. The molecule has 3 amide bonds. The first kappa shape index (κ1) is 28.8. The third kappa shape index (κ3) is 7.45. The van der Waals surface area contributed by atoms with Gasteiger partial charge in [0.2, 0.25) is 27.7 Å². The maximum Gasteiger partial charge on any atom is 0.240 e. The van der Waals surface area contributed by atoms with E-state index in [1.54, 1.807) is 21.9 Å². The van der Waals surface area contributed by atoms with Crippen LogP contribution in [0.4, 0.5) is 11.4 Å². The van der Waals surface area contributed by atoms with Gasteiger partial charge in [-0.1, -0.05) is 44.4 Å². The van der Waals surface area contributed by atoms with Crippen LogP contribution in [0.2, 0.25) is 0 Å². The molecule has 10 heteroatoms. The standard InChI is InChI=1S/C29H38N4O5S/c1-2-3-4-8-17-30-39(37,38)26-13-11-24(12-14-26)31-28(35)22-15-18-32(19-16-22)29(36)23-20-27(34)33(21-23)25-9-6-5-7-10-25/h5-7,9-14,22-23,30H,2-4,8,15-21H2,1H3,(H,31,35). The molecule has 0 radical (unpaired) electrons. The van der Waals surface area contributed by atoms with Gasteiger partial charge >= 0.3 is 0 Å². The van der Waals surface area contributed by atoms with Crippen LogP contribution in [-0.2, 0) is 24.4 Å². The number of hydrogen-bond acceptors (Lipinski definition) is 5. The zero-order valence-corrected chi connectivity index (χ0v) is 23.3. The molecule has 0 saturated carbocycles. The van der Waals surface area contributed by atoms with Gasteiger partial charge in [-0.05, 0) is 55.7 Å². The number of carbonyl (C=O) groups excluding carboxylic acids is 3. The molecule has 2 aliphatic rings. The average molecular weight is 555 g/mol. The van der Waals surface area contributed by atoms with Gasteiger partial charge < -0.3 is 15.1 Å². The molecule has 0 spiro atoms. The van der Waals surface area contributed by atoms with Crippen molar-refractivity contribution in [2.24, 2.45) is 11.8 Å². The van der Waals surface area contributed by atoms with Gasteiger partial charge in [0.1, 0.15) is 0 Å². The largest absolute Gasteiger partial charge is 0.342 e. The number of benzene rings is 2. The number of hydrogen-bond donors (Lipinski definition) is 2. The number of anilines is 2. The third-order valence-corrected chi connectivity index (χ3v) is 8.95. The minimum absolute atomic E-state index is 0.0311. The molecule has 0 aliphatic carbocycles. The SMILES string of the molecule is CCCCCCNS(=O)(=O)c1ccc(NC(=O)C2CCN(C(=O)C3CC(=O)N(c4ccccc4)C3)CC2)cc1. The number of unbranched alkanes of at least 4 members (excludes halogenated alkanes) is 3. The molecule has 2 heterocycles. The van der Waals surface area contributed by atoms with Gasteiger partial charge in [0, 0.05) is 49.9 Å². The Morgan fingerprint density at radius 3 is 2.28 bits per heavy atom. The summed E-state index contributed by atoms with van der Waals surface area (Å²) in [6.45, 7) is 3.82. The van der Waals surface area contributed by atoms with E-state index < -0.39 is 10.0 Å². The first-order valence-electron chi connectivity index (χ1n) is 13.8. The summed E-state index contributed by atoms with van der Waals surface area (Å²) in [7, 11) is -3.58. The Morgan fingerprint density at radius 2 is 1.62 bits per heavy atom. The molecule has 4 rings (SSSR count). The van der Waals surface area contributed by atoms with Gasteiger partial charge in [0.15, 0.2) is 0 Å². The summed E-state index contributed by atoms with van der Waals surface area (Å²) >= 11 is 0. The Balaban J connectivity index is 1.23.